The van der Waals surface area contributed by atoms with Crippen LogP contribution < -0.4 is 30.2 Å². The second-order valence-electron chi connectivity index (χ2n) is 37.8. The smallest absolute Gasteiger partial charge is 0.226 e. The highest BCUT2D eigenvalue weighted by Crippen LogP contribution is 2.40. The Kier molecular flexibility index (Phi) is 30.2. The molecule has 4 aliphatic rings. The van der Waals surface area contributed by atoms with Gasteiger partial charge in [-0.3, -0.25) is 69.9 Å². The van der Waals surface area contributed by atoms with Gasteiger partial charge in [0.15, 0.2) is 23.3 Å². The summed E-state index contributed by atoms with van der Waals surface area (Å²) in [5.41, 5.74) is 29.1. The normalized spacial score (nSPS) is 14.4. The molecule has 20 aromatic rings. The first kappa shape index (κ1) is 100. The zero-order chi connectivity index (χ0) is 96.5. The molecule has 0 radical (unpaired) electrons. The standard InChI is InChI=1S/C28H31N9O.C27H29N9O.C26H29N9.C23H22N8.4CH4/c1-17(2)10-25(38)31-20-11-19(13-29-14-20)18-4-5-22-21(12-18)26(35-34-22)28-32-23-15-30-16-24(27(23)33-28)37-8-6-36(3)7-9-37;1-16(2)27(37)30-19-10-18(12-28-13-19)17-4-5-21-20(11-17)24(34-33-21)26-31-22-14-29-15-23(25(22)32-26)36-8-6-35(3)7-9-36;1-33(2)16-17-10-19(13-27-12-17)18-4-5-21-20(11-18)24(32-31-21)26-29-22-14-28-15-23(25(22)30-26)35-8-6-34(3)7-9-35;1-30-7-9-31(10-8-30)20-14-25-13-19-22(20)27-23(26-19)21-17-11-15(4-5-18(17)28-29-21)16-3-2-6-24-12-16;;;;/h4-5,11-17H,6-10H2,1-3H3,(H,31,38)(H,32,33)(H,34,35);4-5,10-16H,6-9H2,1-3H3,(H,30,37)(H,31,32)(H,33,34);4-5,10-15H,6-9,16H2,1-3H3,(H,29,30)(H,31,32);2-6,11-14H,7-10H2,1H3,(H,26,27)(H,28,29);4*1H4. The van der Waals surface area contributed by atoms with Crippen molar-refractivity contribution >= 4 is 134 Å². The molecular weight excluding hydrogens is 1820 g/mol. The number of benzene rings is 4. The predicted octanol–water partition coefficient (Wildman–Crippen LogP) is 17.4. The summed E-state index contributed by atoms with van der Waals surface area (Å²) < 4.78 is 0. The number of hydrogen-bond acceptors (Lipinski definition) is 27. The molecule has 0 bridgehead atoms. The van der Waals surface area contributed by atoms with Crippen LogP contribution in [0, 0.1) is 11.8 Å². The summed E-state index contributed by atoms with van der Waals surface area (Å²) in [7, 11) is 12.7. The molecule has 20 heterocycles. The number of carbonyl (C=O) groups is 2. The number of likely N-dealkylation sites (N-methyl/N-ethyl adjacent to an activating group) is 4. The van der Waals surface area contributed by atoms with Crippen LogP contribution in [0.5, 0.6) is 0 Å². The van der Waals surface area contributed by atoms with Crippen LogP contribution in [0.2, 0.25) is 0 Å². The summed E-state index contributed by atoms with van der Waals surface area (Å²) >= 11 is 0. The van der Waals surface area contributed by atoms with E-state index in [1.54, 1.807) is 31.0 Å². The fourth-order valence-corrected chi connectivity index (χ4v) is 18.6. The molecule has 2 amide bonds. The minimum atomic E-state index is -0.107. The number of aromatic nitrogens is 24. The summed E-state index contributed by atoms with van der Waals surface area (Å²) in [5, 5.41) is 40.8. The van der Waals surface area contributed by atoms with Gasteiger partial charge in [-0.25, -0.2) is 19.9 Å². The third-order valence-corrected chi connectivity index (χ3v) is 26.5. The molecule has 37 heteroatoms. The molecule has 0 saturated carbocycles. The lowest BCUT2D eigenvalue weighted by Crippen LogP contribution is -2.44. The van der Waals surface area contributed by atoms with E-state index in [4.69, 9.17) is 19.9 Å². The van der Waals surface area contributed by atoms with Gasteiger partial charge in [0.25, 0.3) is 0 Å². The van der Waals surface area contributed by atoms with E-state index >= 15 is 0 Å². The number of piperazine rings is 4. The van der Waals surface area contributed by atoms with Crippen LogP contribution in [0.1, 0.15) is 69.4 Å². The van der Waals surface area contributed by atoms with Crippen LogP contribution in [-0.4, -0.2) is 304 Å². The fourth-order valence-electron chi connectivity index (χ4n) is 18.6. The molecule has 37 nitrogen and oxygen atoms in total. The van der Waals surface area contributed by atoms with E-state index in [2.05, 4.69) is 252 Å². The monoisotopic (exact) mass is 1950 g/mol. The number of nitrogens with one attached hydrogen (secondary N) is 10. The molecule has 0 unspecified atom stereocenters. The van der Waals surface area contributed by atoms with E-state index in [1.807, 2.05) is 144 Å². The average Bonchev–Trinajstić information content (AvgIpc) is 1.63. The highest BCUT2D eigenvalue weighted by molar-refractivity contribution is 6.03. The van der Waals surface area contributed by atoms with Gasteiger partial charge in [0, 0.05) is 205 Å². The van der Waals surface area contributed by atoms with Gasteiger partial charge in [-0.2, -0.15) is 20.4 Å². The zero-order valence-corrected chi connectivity index (χ0v) is 80.4. The zero-order valence-electron chi connectivity index (χ0n) is 80.4. The Bertz CT molecular complexity index is 7910. The number of H-pyrrole nitrogens is 8. The number of aromatic amines is 8. The van der Waals surface area contributed by atoms with Crippen molar-refractivity contribution in [1.29, 1.82) is 0 Å². The molecular formula is C108H127N35O2. The topological polar surface area (TPSA) is 420 Å². The average molecular weight is 1950 g/mol. The van der Waals surface area contributed by atoms with E-state index in [1.165, 1.54) is 5.56 Å². The van der Waals surface area contributed by atoms with Crippen molar-refractivity contribution in [3.63, 3.8) is 0 Å². The lowest BCUT2D eigenvalue weighted by atomic mass is 10.0. The molecule has 145 heavy (non-hydrogen) atoms. The number of anilines is 6. The number of hydrogen-bond donors (Lipinski definition) is 10. The Labute approximate surface area is 841 Å². The maximum Gasteiger partial charge on any atom is 0.226 e. The van der Waals surface area contributed by atoms with Crippen LogP contribution in [0.25, 0.3) is 178 Å². The molecule has 4 saturated heterocycles. The maximum absolute atomic E-state index is 12.3. The highest BCUT2D eigenvalue weighted by Gasteiger charge is 2.28. The van der Waals surface area contributed by atoms with Gasteiger partial charge in [-0.15, -0.1) is 0 Å². The van der Waals surface area contributed by atoms with Crippen molar-refractivity contribution in [2.75, 3.05) is 177 Å². The SMILES string of the molecule is C.C.C.C.CC(C)C(=O)Nc1cncc(-c2ccc3[nH]nc(-c4nc5c(N6CCN(C)CC6)cncc5[nH]4)c3c2)c1.CC(C)CC(=O)Nc1cncc(-c2ccc3[nH]nc(-c4nc5c(N6CCN(C)CC6)cncc5[nH]4)c3c2)c1.CN(C)Cc1cncc(-c2ccc3[nH]nc(-c4nc5c(N6CCN(C)CC6)cncc5[nH]4)c3c2)c1.CN1CCN(c2cncc3[nH]c(-c4n[nH]c5ccc(-c6cccnc6)cc45)nc23)CC1. The van der Waals surface area contributed by atoms with Crippen molar-refractivity contribution < 1.29 is 9.59 Å². The first-order valence-electron chi connectivity index (χ1n) is 47.8. The van der Waals surface area contributed by atoms with E-state index in [0.29, 0.717) is 35.4 Å². The summed E-state index contributed by atoms with van der Waals surface area (Å²) in [6, 6.07) is 34.9. The predicted molar refractivity (Wildman–Crippen MR) is 584 cm³/mol. The Morgan fingerprint density at radius 2 is 0.634 bits per heavy atom. The number of imidazole rings is 4. The molecule has 746 valence electrons. The Hall–Kier alpha value is -16.2. The Balaban J connectivity index is 0.000000131. The van der Waals surface area contributed by atoms with Gasteiger partial charge in [0.05, 0.1) is 140 Å². The van der Waals surface area contributed by atoms with Crippen LogP contribution in [0.4, 0.5) is 34.1 Å². The van der Waals surface area contributed by atoms with Crippen LogP contribution >= 0.6 is 0 Å². The van der Waals surface area contributed by atoms with Crippen LogP contribution in [-0.2, 0) is 16.1 Å². The molecule has 4 fully saturated rings. The molecule has 4 aromatic carbocycles. The van der Waals surface area contributed by atoms with E-state index in [-0.39, 0.29) is 47.4 Å². The second-order valence-corrected chi connectivity index (χ2v) is 37.8. The van der Waals surface area contributed by atoms with E-state index in [0.717, 1.165) is 301 Å². The number of amides is 2. The number of rotatable bonds is 19. The summed E-state index contributed by atoms with van der Waals surface area (Å²) in [6.45, 7) is 24.5. The first-order valence-corrected chi connectivity index (χ1v) is 47.8. The highest BCUT2D eigenvalue weighted by atomic mass is 16.2. The second kappa shape index (κ2) is 43.7. The van der Waals surface area contributed by atoms with Gasteiger partial charge < -0.3 is 74.7 Å². The number of nitrogens with zero attached hydrogens (tertiary/aromatic N) is 25. The molecule has 16 aromatic heterocycles. The van der Waals surface area contributed by atoms with Crippen LogP contribution in [0.3, 0.4) is 0 Å². The molecule has 0 aliphatic carbocycles. The van der Waals surface area contributed by atoms with Crippen molar-refractivity contribution in [3.05, 3.63) is 208 Å². The van der Waals surface area contributed by atoms with Crippen molar-refractivity contribution in [2.24, 2.45) is 11.8 Å². The molecule has 10 N–H and O–H groups in total. The minimum absolute atomic E-state index is 0. The van der Waals surface area contributed by atoms with E-state index in [9.17, 15) is 9.59 Å². The van der Waals surface area contributed by atoms with Crippen molar-refractivity contribution in [1.82, 2.24) is 145 Å². The first-order chi connectivity index (χ1) is 68.7. The third-order valence-electron chi connectivity index (χ3n) is 26.5. The summed E-state index contributed by atoms with van der Waals surface area (Å²) in [4.78, 5) is 114. The lowest BCUT2D eigenvalue weighted by molar-refractivity contribution is -0.119. The summed E-state index contributed by atoms with van der Waals surface area (Å²) in [6.07, 6.45) is 29.8. The summed E-state index contributed by atoms with van der Waals surface area (Å²) in [5.74, 6) is 3.00. The number of carbonyl (C=O) groups excluding carboxylic acids is 2. The quantitative estimate of drug-likeness (QED) is 0.0359. The largest absolute Gasteiger partial charge is 0.366 e. The molecule has 0 spiro atoms. The minimum Gasteiger partial charge on any atom is -0.366 e. The van der Waals surface area contributed by atoms with Crippen LogP contribution in [0.15, 0.2) is 202 Å². The Morgan fingerprint density at radius 1 is 0.331 bits per heavy atom. The van der Waals surface area contributed by atoms with Gasteiger partial charge >= 0.3 is 0 Å². The Morgan fingerprint density at radius 3 is 0.945 bits per heavy atom. The van der Waals surface area contributed by atoms with Gasteiger partial charge in [-0.1, -0.05) is 87.7 Å². The van der Waals surface area contributed by atoms with E-state index < -0.39 is 0 Å². The van der Waals surface area contributed by atoms with Gasteiger partial charge in [0.1, 0.15) is 44.8 Å². The molecule has 4 aliphatic heterocycles. The third kappa shape index (κ3) is 21.6. The number of pyridine rings is 8. The van der Waals surface area contributed by atoms with Gasteiger partial charge in [0.2, 0.25) is 11.8 Å². The van der Waals surface area contributed by atoms with Gasteiger partial charge in [-0.05, 0) is 149 Å². The molecule has 24 rings (SSSR count). The fraction of sp³-hybridized carbons (Fsp3) is 0.315. The van der Waals surface area contributed by atoms with Crippen molar-refractivity contribution in [2.45, 2.75) is 70.4 Å². The maximum atomic E-state index is 12.3. The lowest BCUT2D eigenvalue weighted by Gasteiger charge is -2.33. The van der Waals surface area contributed by atoms with Crippen molar-refractivity contribution in [3.8, 4) is 90.6 Å². The number of fused-ring (bicyclic) bond motifs is 8. The molecule has 0 atom stereocenters.